The fourth-order valence-corrected chi connectivity index (χ4v) is 3.18. The molecule has 2 aromatic carbocycles. The van der Waals surface area contributed by atoms with Crippen molar-refractivity contribution in [2.24, 2.45) is 0 Å². The fraction of sp³-hybridized carbons (Fsp3) is 0.143. The molecule has 1 amide bonds. The second-order valence-corrected chi connectivity index (χ2v) is 6.20. The summed E-state index contributed by atoms with van der Waals surface area (Å²) in [6, 6.07) is 19.6. The molecule has 5 nitrogen and oxygen atoms in total. The molecule has 5 heteroatoms. The van der Waals surface area contributed by atoms with Crippen LogP contribution in [-0.4, -0.2) is 26.6 Å². The van der Waals surface area contributed by atoms with Crippen molar-refractivity contribution in [3.8, 4) is 5.69 Å². The van der Waals surface area contributed by atoms with Crippen molar-refractivity contribution in [1.82, 2.24) is 19.4 Å². The molecule has 0 saturated carbocycles. The summed E-state index contributed by atoms with van der Waals surface area (Å²) in [7, 11) is 0. The first-order valence-corrected chi connectivity index (χ1v) is 8.66. The van der Waals surface area contributed by atoms with Crippen LogP contribution in [0.5, 0.6) is 0 Å². The van der Waals surface area contributed by atoms with Gasteiger partial charge in [-0.3, -0.25) is 4.79 Å². The lowest BCUT2D eigenvalue weighted by Crippen LogP contribution is -2.27. The summed E-state index contributed by atoms with van der Waals surface area (Å²) >= 11 is 0. The van der Waals surface area contributed by atoms with E-state index in [0.717, 1.165) is 22.5 Å². The number of rotatable bonds is 5. The highest BCUT2D eigenvalue weighted by Crippen LogP contribution is 2.15. The molecule has 0 unspecified atom stereocenters. The Balaban J connectivity index is 1.44. The molecule has 0 bridgehead atoms. The predicted octanol–water partition coefficient (Wildman–Crippen LogP) is 3.57. The number of aromatic nitrogens is 3. The minimum atomic E-state index is -0.0684. The predicted molar refractivity (Wildman–Crippen MR) is 103 cm³/mol. The van der Waals surface area contributed by atoms with Crippen molar-refractivity contribution < 1.29 is 4.79 Å². The summed E-state index contributed by atoms with van der Waals surface area (Å²) in [5.41, 5.74) is 3.70. The summed E-state index contributed by atoms with van der Waals surface area (Å²) in [6.07, 6.45) is 3.92. The molecule has 0 aliphatic heterocycles. The van der Waals surface area contributed by atoms with Gasteiger partial charge in [-0.05, 0) is 49.4 Å². The first-order chi connectivity index (χ1) is 12.7. The molecule has 0 saturated heterocycles. The van der Waals surface area contributed by atoms with Gasteiger partial charge in [-0.1, -0.05) is 18.2 Å². The molecule has 2 aromatic heterocycles. The quantitative estimate of drug-likeness (QED) is 0.602. The second-order valence-electron chi connectivity index (χ2n) is 6.20. The van der Waals surface area contributed by atoms with Crippen molar-refractivity contribution in [3.63, 3.8) is 0 Å². The van der Waals surface area contributed by atoms with Crippen LogP contribution in [0.1, 0.15) is 16.2 Å². The molecule has 2 heterocycles. The van der Waals surface area contributed by atoms with Crippen LogP contribution in [0.15, 0.2) is 73.1 Å². The molecule has 4 aromatic rings. The number of amides is 1. The molecular weight excluding hydrogens is 324 g/mol. The molecule has 0 fully saturated rings. The van der Waals surface area contributed by atoms with E-state index in [4.69, 9.17) is 0 Å². The van der Waals surface area contributed by atoms with Gasteiger partial charge in [0.2, 0.25) is 0 Å². The van der Waals surface area contributed by atoms with Crippen LogP contribution in [0.2, 0.25) is 0 Å². The normalized spacial score (nSPS) is 11.0. The third-order valence-electron chi connectivity index (χ3n) is 4.48. The van der Waals surface area contributed by atoms with E-state index in [1.54, 1.807) is 0 Å². The number of fused-ring (bicyclic) bond motifs is 1. The molecule has 1 N–H and O–H groups in total. The highest BCUT2D eigenvalue weighted by Gasteiger charge is 2.09. The van der Waals surface area contributed by atoms with Crippen LogP contribution in [0.3, 0.4) is 0 Å². The van der Waals surface area contributed by atoms with E-state index in [-0.39, 0.29) is 5.91 Å². The smallest absolute Gasteiger partial charge is 0.251 e. The summed E-state index contributed by atoms with van der Waals surface area (Å²) < 4.78 is 4.11. The highest BCUT2D eigenvalue weighted by molar-refractivity contribution is 5.94. The molecule has 0 atom stereocenters. The van der Waals surface area contributed by atoms with Crippen LogP contribution in [-0.2, 0) is 6.54 Å². The molecule has 130 valence electrons. The highest BCUT2D eigenvalue weighted by atomic mass is 16.1. The van der Waals surface area contributed by atoms with Gasteiger partial charge in [-0.2, -0.15) is 0 Å². The fourth-order valence-electron chi connectivity index (χ4n) is 3.18. The van der Waals surface area contributed by atoms with E-state index in [1.807, 2.05) is 78.5 Å². The Kier molecular flexibility index (Phi) is 4.27. The van der Waals surface area contributed by atoms with Gasteiger partial charge in [0.15, 0.2) is 0 Å². The lowest BCUT2D eigenvalue weighted by Gasteiger charge is -2.10. The Labute approximate surface area is 151 Å². The van der Waals surface area contributed by atoms with Crippen LogP contribution >= 0.6 is 0 Å². The van der Waals surface area contributed by atoms with Crippen LogP contribution < -0.4 is 5.32 Å². The molecular formula is C21H20N4O. The Morgan fingerprint density at radius 2 is 1.85 bits per heavy atom. The lowest BCUT2D eigenvalue weighted by molar-refractivity contribution is 0.0952. The molecule has 26 heavy (non-hydrogen) atoms. The van der Waals surface area contributed by atoms with Crippen LogP contribution in [0.4, 0.5) is 0 Å². The topological polar surface area (TPSA) is 51.9 Å². The van der Waals surface area contributed by atoms with Gasteiger partial charge in [-0.25, -0.2) is 4.98 Å². The molecule has 0 radical (unpaired) electrons. The minimum absolute atomic E-state index is 0.0684. The number of benzene rings is 2. The number of hydrogen-bond donors (Lipinski definition) is 1. The standard InChI is InChI=1S/C21H20N4O/c1-16-23-19-9-2-3-10-20(19)25(16)14-11-22-21(26)17-7-6-8-18(15-17)24-12-4-5-13-24/h2-10,12-13,15H,11,14H2,1H3,(H,22,26). The SMILES string of the molecule is Cc1nc2ccccc2n1CCNC(=O)c1cccc(-n2cccc2)c1. The number of nitrogens with zero attached hydrogens (tertiary/aromatic N) is 3. The zero-order chi connectivity index (χ0) is 17.9. The average Bonchev–Trinajstić information content (AvgIpc) is 3.30. The number of imidazole rings is 1. The molecule has 0 spiro atoms. The molecule has 0 aliphatic rings. The van der Waals surface area contributed by atoms with Crippen molar-refractivity contribution in [2.45, 2.75) is 13.5 Å². The maximum atomic E-state index is 12.5. The number of nitrogens with one attached hydrogen (secondary N) is 1. The van der Waals surface area contributed by atoms with Crippen LogP contribution in [0, 0.1) is 6.92 Å². The summed E-state index contributed by atoms with van der Waals surface area (Å²) in [4.78, 5) is 17.1. The van der Waals surface area contributed by atoms with Gasteiger partial charge in [0, 0.05) is 36.7 Å². The van der Waals surface area contributed by atoms with Gasteiger partial charge in [0.05, 0.1) is 11.0 Å². The third-order valence-corrected chi connectivity index (χ3v) is 4.48. The largest absolute Gasteiger partial charge is 0.350 e. The molecule has 4 rings (SSSR count). The Morgan fingerprint density at radius 1 is 1.04 bits per heavy atom. The third kappa shape index (κ3) is 3.11. The minimum Gasteiger partial charge on any atom is -0.350 e. The van der Waals surface area contributed by atoms with E-state index < -0.39 is 0 Å². The zero-order valence-corrected chi connectivity index (χ0v) is 14.6. The Hall–Kier alpha value is -3.34. The lowest BCUT2D eigenvalue weighted by atomic mass is 10.2. The van der Waals surface area contributed by atoms with E-state index in [1.165, 1.54) is 0 Å². The number of carbonyl (C=O) groups excluding carboxylic acids is 1. The van der Waals surface area contributed by atoms with E-state index in [9.17, 15) is 4.79 Å². The Morgan fingerprint density at radius 3 is 2.69 bits per heavy atom. The zero-order valence-electron chi connectivity index (χ0n) is 14.6. The maximum Gasteiger partial charge on any atom is 0.251 e. The number of hydrogen-bond acceptors (Lipinski definition) is 2. The van der Waals surface area contributed by atoms with E-state index in [0.29, 0.717) is 18.7 Å². The van der Waals surface area contributed by atoms with E-state index >= 15 is 0 Å². The van der Waals surface area contributed by atoms with Crippen molar-refractivity contribution >= 4 is 16.9 Å². The number of para-hydroxylation sites is 2. The van der Waals surface area contributed by atoms with Gasteiger partial charge in [0.25, 0.3) is 5.91 Å². The van der Waals surface area contributed by atoms with Gasteiger partial charge in [0.1, 0.15) is 5.82 Å². The summed E-state index contributed by atoms with van der Waals surface area (Å²) in [6.45, 7) is 3.23. The second kappa shape index (κ2) is 6.88. The summed E-state index contributed by atoms with van der Waals surface area (Å²) in [5.74, 6) is 0.885. The van der Waals surface area contributed by atoms with Crippen molar-refractivity contribution in [1.29, 1.82) is 0 Å². The first kappa shape index (κ1) is 16.1. The number of aryl methyl sites for hydroxylation is 1. The number of carbonyl (C=O) groups is 1. The first-order valence-electron chi connectivity index (χ1n) is 8.66. The van der Waals surface area contributed by atoms with E-state index in [2.05, 4.69) is 20.9 Å². The van der Waals surface area contributed by atoms with Gasteiger partial charge < -0.3 is 14.5 Å². The Bertz CT molecular complexity index is 1050. The summed E-state index contributed by atoms with van der Waals surface area (Å²) in [5, 5.41) is 3.00. The van der Waals surface area contributed by atoms with Gasteiger partial charge >= 0.3 is 0 Å². The maximum absolute atomic E-state index is 12.5. The van der Waals surface area contributed by atoms with Crippen molar-refractivity contribution in [3.05, 3.63) is 84.4 Å². The van der Waals surface area contributed by atoms with Gasteiger partial charge in [-0.15, -0.1) is 0 Å². The average molecular weight is 344 g/mol. The van der Waals surface area contributed by atoms with Crippen molar-refractivity contribution in [2.75, 3.05) is 6.54 Å². The monoisotopic (exact) mass is 344 g/mol. The van der Waals surface area contributed by atoms with Crippen LogP contribution in [0.25, 0.3) is 16.7 Å². The molecule has 0 aliphatic carbocycles.